The van der Waals surface area contributed by atoms with Crippen molar-refractivity contribution in [2.24, 2.45) is 0 Å². The minimum Gasteiger partial charge on any atom is -0.347 e. The first-order chi connectivity index (χ1) is 13.7. The van der Waals surface area contributed by atoms with Crippen molar-refractivity contribution in [3.05, 3.63) is 75.7 Å². The second kappa shape index (κ2) is 7.43. The summed E-state index contributed by atoms with van der Waals surface area (Å²) in [6, 6.07) is 15.3. The van der Waals surface area contributed by atoms with Crippen LogP contribution in [0, 0.1) is 6.92 Å². The standard InChI is InChI=1S/C23H23NO3S2/c1-14(2)17-7-8-21-19(10-17)22-18(13-29(21,26)27)11-20(28-22)23(25)24-12-16-6-4-5-15(3)9-16/h4-11,14H,12-13H2,1-3H3,(H,24,25). The molecular weight excluding hydrogens is 402 g/mol. The summed E-state index contributed by atoms with van der Waals surface area (Å²) < 4.78 is 25.5. The van der Waals surface area contributed by atoms with Gasteiger partial charge in [-0.15, -0.1) is 11.3 Å². The van der Waals surface area contributed by atoms with Crippen molar-refractivity contribution in [1.82, 2.24) is 5.32 Å². The van der Waals surface area contributed by atoms with E-state index in [-0.39, 0.29) is 11.7 Å². The number of rotatable bonds is 4. The Labute approximate surface area is 175 Å². The van der Waals surface area contributed by atoms with Crippen LogP contribution in [0.5, 0.6) is 0 Å². The van der Waals surface area contributed by atoms with Crippen molar-refractivity contribution in [2.75, 3.05) is 0 Å². The molecular formula is C23H23NO3S2. The van der Waals surface area contributed by atoms with Gasteiger partial charge in [-0.25, -0.2) is 8.42 Å². The Morgan fingerprint density at radius 1 is 1.14 bits per heavy atom. The Kier molecular flexibility index (Phi) is 5.09. The molecule has 6 heteroatoms. The number of carbonyl (C=O) groups is 1. The molecule has 1 aromatic heterocycles. The molecule has 3 aromatic rings. The van der Waals surface area contributed by atoms with Crippen LogP contribution in [0.4, 0.5) is 0 Å². The lowest BCUT2D eigenvalue weighted by atomic mass is 9.99. The van der Waals surface area contributed by atoms with E-state index >= 15 is 0 Å². The van der Waals surface area contributed by atoms with Crippen molar-refractivity contribution < 1.29 is 13.2 Å². The fraction of sp³-hybridized carbons (Fsp3) is 0.261. The summed E-state index contributed by atoms with van der Waals surface area (Å²) in [6.45, 7) is 6.62. The maximum absolute atomic E-state index is 12.7. The molecule has 0 saturated heterocycles. The van der Waals surface area contributed by atoms with E-state index in [9.17, 15) is 13.2 Å². The zero-order valence-corrected chi connectivity index (χ0v) is 18.3. The maximum atomic E-state index is 12.7. The summed E-state index contributed by atoms with van der Waals surface area (Å²) in [7, 11) is -3.40. The summed E-state index contributed by atoms with van der Waals surface area (Å²) in [6.07, 6.45) is 0. The SMILES string of the molecule is Cc1cccc(CNC(=O)c2cc3c(s2)-c2cc(C(C)C)ccc2S(=O)(=O)C3)c1. The van der Waals surface area contributed by atoms with Crippen molar-refractivity contribution in [2.45, 2.75) is 43.9 Å². The molecule has 2 heterocycles. The van der Waals surface area contributed by atoms with E-state index < -0.39 is 9.84 Å². The highest BCUT2D eigenvalue weighted by Crippen LogP contribution is 2.43. The Hall–Kier alpha value is -2.44. The van der Waals surface area contributed by atoms with Crippen molar-refractivity contribution in [3.63, 3.8) is 0 Å². The van der Waals surface area contributed by atoms with E-state index in [2.05, 4.69) is 19.2 Å². The third kappa shape index (κ3) is 3.87. The van der Waals surface area contributed by atoms with Gasteiger partial charge in [-0.2, -0.15) is 0 Å². The predicted molar refractivity (Wildman–Crippen MR) is 117 cm³/mol. The largest absolute Gasteiger partial charge is 0.347 e. The van der Waals surface area contributed by atoms with Crippen LogP contribution >= 0.6 is 11.3 Å². The minimum absolute atomic E-state index is 0.0575. The number of nitrogens with one attached hydrogen (secondary N) is 1. The first-order valence-electron chi connectivity index (χ1n) is 9.58. The molecule has 2 aromatic carbocycles. The van der Waals surface area contributed by atoms with Crippen LogP contribution in [-0.2, 0) is 22.1 Å². The molecule has 0 aliphatic carbocycles. The van der Waals surface area contributed by atoms with Gasteiger partial charge < -0.3 is 5.32 Å². The molecule has 0 radical (unpaired) electrons. The van der Waals surface area contributed by atoms with Gasteiger partial charge in [-0.1, -0.05) is 49.7 Å². The molecule has 0 fully saturated rings. The first kappa shape index (κ1) is 19.9. The lowest BCUT2D eigenvalue weighted by Crippen LogP contribution is -2.21. The number of hydrogen-bond acceptors (Lipinski definition) is 4. The predicted octanol–water partition coefficient (Wildman–Crippen LogP) is 5.06. The van der Waals surface area contributed by atoms with Crippen LogP contribution in [0.2, 0.25) is 0 Å². The summed E-state index contributed by atoms with van der Waals surface area (Å²) in [5.74, 6) is 0.0631. The van der Waals surface area contributed by atoms with Crippen LogP contribution in [0.1, 0.15) is 51.7 Å². The van der Waals surface area contributed by atoms with Crippen molar-refractivity contribution in [3.8, 4) is 10.4 Å². The molecule has 0 spiro atoms. The number of fused-ring (bicyclic) bond motifs is 3. The van der Waals surface area contributed by atoms with E-state index in [1.54, 1.807) is 12.1 Å². The molecule has 1 amide bonds. The van der Waals surface area contributed by atoms with Crippen molar-refractivity contribution in [1.29, 1.82) is 0 Å². The van der Waals surface area contributed by atoms with Gasteiger partial charge in [0, 0.05) is 17.0 Å². The van der Waals surface area contributed by atoms with Crippen LogP contribution < -0.4 is 5.32 Å². The van der Waals surface area contributed by atoms with Gasteiger partial charge in [0.1, 0.15) is 0 Å². The number of carbonyl (C=O) groups excluding carboxylic acids is 1. The molecule has 4 rings (SSSR count). The van der Waals surface area contributed by atoms with E-state index in [1.807, 2.05) is 43.3 Å². The van der Waals surface area contributed by atoms with Gasteiger partial charge in [-0.3, -0.25) is 4.79 Å². The van der Waals surface area contributed by atoms with Gasteiger partial charge >= 0.3 is 0 Å². The molecule has 0 saturated carbocycles. The second-order valence-corrected chi connectivity index (χ2v) is 10.8. The Bertz CT molecular complexity index is 1210. The third-order valence-electron chi connectivity index (χ3n) is 5.16. The van der Waals surface area contributed by atoms with Crippen LogP contribution in [0.25, 0.3) is 10.4 Å². The third-order valence-corrected chi connectivity index (χ3v) is 8.09. The highest BCUT2D eigenvalue weighted by molar-refractivity contribution is 7.91. The molecule has 0 bridgehead atoms. The number of benzene rings is 2. The summed E-state index contributed by atoms with van der Waals surface area (Å²) in [4.78, 5) is 14.5. The molecule has 0 unspecified atom stereocenters. The Balaban J connectivity index is 1.66. The molecule has 1 aliphatic rings. The molecule has 150 valence electrons. The molecule has 4 nitrogen and oxygen atoms in total. The summed E-state index contributed by atoms with van der Waals surface area (Å²) in [5, 5.41) is 2.95. The average Bonchev–Trinajstić information content (AvgIpc) is 3.09. The molecule has 1 N–H and O–H groups in total. The van der Waals surface area contributed by atoms with Crippen LogP contribution in [0.3, 0.4) is 0 Å². The quantitative estimate of drug-likeness (QED) is 0.635. The topological polar surface area (TPSA) is 63.2 Å². The zero-order valence-electron chi connectivity index (χ0n) is 16.7. The fourth-order valence-corrected chi connectivity index (χ4v) is 6.45. The van der Waals surface area contributed by atoms with Crippen molar-refractivity contribution >= 4 is 27.1 Å². The minimum atomic E-state index is -3.40. The van der Waals surface area contributed by atoms with Gasteiger partial charge in [-0.05, 0) is 47.7 Å². The summed E-state index contributed by atoms with van der Waals surface area (Å²) in [5.41, 5.74) is 4.70. The van der Waals surface area contributed by atoms with Gasteiger partial charge in [0.15, 0.2) is 9.84 Å². The lowest BCUT2D eigenvalue weighted by Gasteiger charge is -2.18. The number of sulfone groups is 1. The molecule has 1 aliphatic heterocycles. The highest BCUT2D eigenvalue weighted by atomic mass is 32.2. The normalized spacial score (nSPS) is 14.3. The highest BCUT2D eigenvalue weighted by Gasteiger charge is 2.31. The van der Waals surface area contributed by atoms with E-state index in [1.165, 1.54) is 11.3 Å². The monoisotopic (exact) mass is 425 g/mol. The lowest BCUT2D eigenvalue weighted by molar-refractivity contribution is 0.0955. The molecule has 29 heavy (non-hydrogen) atoms. The second-order valence-electron chi connectivity index (χ2n) is 7.81. The van der Waals surface area contributed by atoms with Crippen LogP contribution in [0.15, 0.2) is 53.4 Å². The van der Waals surface area contributed by atoms with Gasteiger partial charge in [0.05, 0.1) is 15.5 Å². The number of thiophene rings is 1. The van der Waals surface area contributed by atoms with E-state index in [0.29, 0.717) is 27.8 Å². The summed E-state index contributed by atoms with van der Waals surface area (Å²) >= 11 is 1.37. The average molecular weight is 426 g/mol. The Morgan fingerprint density at radius 3 is 2.66 bits per heavy atom. The zero-order chi connectivity index (χ0) is 20.8. The fourth-order valence-electron chi connectivity index (χ4n) is 3.61. The molecule has 0 atom stereocenters. The number of amides is 1. The first-order valence-corrected chi connectivity index (χ1v) is 12.0. The number of aryl methyl sites for hydroxylation is 1. The maximum Gasteiger partial charge on any atom is 0.261 e. The number of hydrogen-bond donors (Lipinski definition) is 1. The van der Waals surface area contributed by atoms with E-state index in [4.69, 9.17) is 0 Å². The van der Waals surface area contributed by atoms with E-state index in [0.717, 1.165) is 27.1 Å². The van der Waals surface area contributed by atoms with Gasteiger partial charge in [0.2, 0.25) is 0 Å². The Morgan fingerprint density at radius 2 is 1.93 bits per heavy atom. The van der Waals surface area contributed by atoms with Crippen LogP contribution in [-0.4, -0.2) is 14.3 Å². The van der Waals surface area contributed by atoms with Gasteiger partial charge in [0.25, 0.3) is 5.91 Å². The smallest absolute Gasteiger partial charge is 0.261 e.